The van der Waals surface area contributed by atoms with E-state index in [4.69, 9.17) is 10.8 Å². The number of Topliss-reactive ketones (excluding diaryl/α,β-unsaturated/α-hetero) is 1. The Kier molecular flexibility index (Phi) is 3.21. The number of carboxylic acids is 1. The van der Waals surface area contributed by atoms with Gasteiger partial charge in [-0.25, -0.2) is 4.79 Å². The first-order chi connectivity index (χ1) is 6.97. The van der Waals surface area contributed by atoms with Gasteiger partial charge in [-0.15, -0.1) is 0 Å². The molecule has 0 radical (unpaired) electrons. The number of ketones is 1. The smallest absolute Gasteiger partial charge is 0.335 e. The predicted octanol–water partition coefficient (Wildman–Crippen LogP) is 1.14. The first kappa shape index (κ1) is 11.4. The zero-order chi connectivity index (χ0) is 11.6. The average Bonchev–Trinajstić information content (AvgIpc) is 2.20. The lowest BCUT2D eigenvalue weighted by Crippen LogP contribution is -2.16. The van der Waals surface area contributed by atoms with Gasteiger partial charge in [-0.05, 0) is 37.1 Å². The van der Waals surface area contributed by atoms with Gasteiger partial charge in [0.1, 0.15) is 0 Å². The van der Waals surface area contributed by atoms with Gasteiger partial charge < -0.3 is 10.8 Å². The van der Waals surface area contributed by atoms with Crippen LogP contribution >= 0.6 is 0 Å². The topological polar surface area (TPSA) is 80.4 Å². The summed E-state index contributed by atoms with van der Waals surface area (Å²) < 4.78 is 0. The normalized spacial score (nSPS) is 10.1. The van der Waals surface area contributed by atoms with Crippen molar-refractivity contribution >= 4 is 11.8 Å². The largest absolute Gasteiger partial charge is 0.478 e. The maximum atomic E-state index is 11.4. The van der Waals surface area contributed by atoms with E-state index >= 15 is 0 Å². The molecule has 0 unspecified atom stereocenters. The summed E-state index contributed by atoms with van der Waals surface area (Å²) in [6.07, 6.45) is 0. The summed E-state index contributed by atoms with van der Waals surface area (Å²) in [5.74, 6) is -1.28. The molecule has 80 valence electrons. The summed E-state index contributed by atoms with van der Waals surface area (Å²) >= 11 is 0. The molecule has 4 nitrogen and oxygen atoms in total. The first-order valence-electron chi connectivity index (χ1n) is 4.55. The van der Waals surface area contributed by atoms with Gasteiger partial charge in [-0.3, -0.25) is 4.79 Å². The number of carbonyl (C=O) groups is 2. The van der Waals surface area contributed by atoms with Gasteiger partial charge in [0, 0.05) is 5.56 Å². The van der Waals surface area contributed by atoms with Gasteiger partial charge in [0.25, 0.3) is 0 Å². The molecule has 0 heterocycles. The lowest BCUT2D eigenvalue weighted by Gasteiger charge is -2.08. The lowest BCUT2D eigenvalue weighted by molar-refractivity contribution is 0.0697. The SMILES string of the molecule is Cc1cc(C(=O)O)cc(C(=O)CN)c1C. The number of carbonyl (C=O) groups excluding carboxylic acids is 1. The van der Waals surface area contributed by atoms with Crippen molar-refractivity contribution in [2.45, 2.75) is 13.8 Å². The van der Waals surface area contributed by atoms with E-state index in [1.54, 1.807) is 19.9 Å². The van der Waals surface area contributed by atoms with Crippen LogP contribution in [0.15, 0.2) is 12.1 Å². The van der Waals surface area contributed by atoms with E-state index in [0.29, 0.717) is 5.56 Å². The van der Waals surface area contributed by atoms with E-state index in [0.717, 1.165) is 11.1 Å². The molecule has 3 N–H and O–H groups in total. The minimum absolute atomic E-state index is 0.108. The van der Waals surface area contributed by atoms with Crippen LogP contribution in [0.3, 0.4) is 0 Å². The minimum atomic E-state index is -1.04. The zero-order valence-corrected chi connectivity index (χ0v) is 8.70. The third kappa shape index (κ3) is 2.22. The monoisotopic (exact) mass is 207 g/mol. The summed E-state index contributed by atoms with van der Waals surface area (Å²) in [4.78, 5) is 22.2. The van der Waals surface area contributed by atoms with Crippen LogP contribution in [-0.2, 0) is 0 Å². The zero-order valence-electron chi connectivity index (χ0n) is 8.70. The summed E-state index contributed by atoms with van der Waals surface area (Å²) in [6, 6.07) is 2.92. The van der Waals surface area contributed by atoms with Crippen LogP contribution in [0.25, 0.3) is 0 Å². The van der Waals surface area contributed by atoms with Gasteiger partial charge in [0.15, 0.2) is 5.78 Å². The van der Waals surface area contributed by atoms with Crippen molar-refractivity contribution < 1.29 is 14.7 Å². The van der Waals surface area contributed by atoms with Gasteiger partial charge in [0.2, 0.25) is 0 Å². The second-order valence-electron chi connectivity index (χ2n) is 3.40. The fourth-order valence-corrected chi connectivity index (χ4v) is 1.38. The van der Waals surface area contributed by atoms with Crippen LogP contribution in [-0.4, -0.2) is 23.4 Å². The Morgan fingerprint density at radius 1 is 1.33 bits per heavy atom. The fraction of sp³-hybridized carbons (Fsp3) is 0.273. The Balaban J connectivity index is 3.37. The second-order valence-corrected chi connectivity index (χ2v) is 3.40. The number of nitrogens with two attached hydrogens (primary N) is 1. The van der Waals surface area contributed by atoms with Gasteiger partial charge in [-0.2, -0.15) is 0 Å². The molecule has 0 atom stereocenters. The molecule has 0 aromatic heterocycles. The average molecular weight is 207 g/mol. The Morgan fingerprint density at radius 3 is 2.40 bits per heavy atom. The van der Waals surface area contributed by atoms with E-state index < -0.39 is 5.97 Å². The number of aryl methyl sites for hydroxylation is 1. The number of hydrogen-bond acceptors (Lipinski definition) is 3. The van der Waals surface area contributed by atoms with Crippen molar-refractivity contribution in [1.82, 2.24) is 0 Å². The molecule has 1 rings (SSSR count). The molecule has 1 aromatic rings. The predicted molar refractivity (Wildman–Crippen MR) is 56.3 cm³/mol. The van der Waals surface area contributed by atoms with Crippen LogP contribution in [0, 0.1) is 13.8 Å². The summed E-state index contributed by atoms with van der Waals surface area (Å²) in [6.45, 7) is 3.45. The quantitative estimate of drug-likeness (QED) is 0.728. The standard InChI is InChI=1S/C11H13NO3/c1-6-3-8(11(14)15)4-9(7(6)2)10(13)5-12/h3-4H,5,12H2,1-2H3,(H,14,15). The van der Waals surface area contributed by atoms with E-state index in [1.165, 1.54) is 6.07 Å². The van der Waals surface area contributed by atoms with Crippen LogP contribution < -0.4 is 5.73 Å². The van der Waals surface area contributed by atoms with Crippen LogP contribution in [0.1, 0.15) is 31.8 Å². The molecule has 0 amide bonds. The molecular weight excluding hydrogens is 194 g/mol. The highest BCUT2D eigenvalue weighted by molar-refractivity contribution is 6.01. The van der Waals surface area contributed by atoms with Gasteiger partial charge >= 0.3 is 5.97 Å². The second kappa shape index (κ2) is 4.23. The minimum Gasteiger partial charge on any atom is -0.478 e. The molecule has 15 heavy (non-hydrogen) atoms. The van der Waals surface area contributed by atoms with Crippen molar-refractivity contribution in [3.8, 4) is 0 Å². The van der Waals surface area contributed by atoms with Crippen molar-refractivity contribution in [3.63, 3.8) is 0 Å². The van der Waals surface area contributed by atoms with E-state index in [2.05, 4.69) is 0 Å². The molecular formula is C11H13NO3. The maximum Gasteiger partial charge on any atom is 0.335 e. The Hall–Kier alpha value is -1.68. The van der Waals surface area contributed by atoms with Crippen LogP contribution in [0.4, 0.5) is 0 Å². The number of hydrogen-bond donors (Lipinski definition) is 2. The third-order valence-electron chi connectivity index (χ3n) is 2.40. The molecule has 0 spiro atoms. The highest BCUT2D eigenvalue weighted by Crippen LogP contribution is 2.16. The highest BCUT2D eigenvalue weighted by atomic mass is 16.4. The molecule has 0 saturated carbocycles. The fourth-order valence-electron chi connectivity index (χ4n) is 1.38. The summed E-state index contributed by atoms with van der Waals surface area (Å²) in [7, 11) is 0. The van der Waals surface area contributed by atoms with Crippen LogP contribution in [0.2, 0.25) is 0 Å². The highest BCUT2D eigenvalue weighted by Gasteiger charge is 2.13. The van der Waals surface area contributed by atoms with Crippen molar-refractivity contribution in [3.05, 3.63) is 34.4 Å². The summed E-state index contributed by atoms with van der Waals surface area (Å²) in [5, 5.41) is 8.84. The lowest BCUT2D eigenvalue weighted by atomic mass is 9.97. The Labute approximate surface area is 87.7 Å². The number of carboxylic acid groups (broad SMARTS) is 1. The Bertz CT molecular complexity index is 424. The molecule has 0 saturated heterocycles. The van der Waals surface area contributed by atoms with E-state index in [-0.39, 0.29) is 17.9 Å². The molecule has 0 bridgehead atoms. The molecule has 0 aliphatic heterocycles. The number of rotatable bonds is 3. The molecule has 0 aliphatic carbocycles. The number of benzene rings is 1. The molecule has 1 aromatic carbocycles. The molecule has 0 fully saturated rings. The maximum absolute atomic E-state index is 11.4. The van der Waals surface area contributed by atoms with Gasteiger partial charge in [-0.1, -0.05) is 0 Å². The number of aromatic carboxylic acids is 1. The van der Waals surface area contributed by atoms with Crippen molar-refractivity contribution in [1.29, 1.82) is 0 Å². The summed E-state index contributed by atoms with van der Waals surface area (Å²) in [5.41, 5.74) is 7.34. The van der Waals surface area contributed by atoms with Crippen LogP contribution in [0.5, 0.6) is 0 Å². The van der Waals surface area contributed by atoms with Gasteiger partial charge in [0.05, 0.1) is 12.1 Å². The van der Waals surface area contributed by atoms with Crippen molar-refractivity contribution in [2.75, 3.05) is 6.54 Å². The Morgan fingerprint density at radius 2 is 1.93 bits per heavy atom. The van der Waals surface area contributed by atoms with E-state index in [1.807, 2.05) is 0 Å². The third-order valence-corrected chi connectivity index (χ3v) is 2.40. The van der Waals surface area contributed by atoms with E-state index in [9.17, 15) is 9.59 Å². The van der Waals surface area contributed by atoms with Crippen molar-refractivity contribution in [2.24, 2.45) is 5.73 Å². The molecule has 0 aliphatic rings. The first-order valence-corrected chi connectivity index (χ1v) is 4.55. The molecule has 4 heteroatoms.